The molecule has 1 rings (SSSR count). The quantitative estimate of drug-likeness (QED) is 0.549. The highest BCUT2D eigenvalue weighted by molar-refractivity contribution is 5.94. The monoisotopic (exact) mass is 281 g/mol. The van der Waals surface area contributed by atoms with E-state index in [2.05, 4.69) is 10.4 Å². The molecule has 0 saturated carbocycles. The smallest absolute Gasteiger partial charge is 0.254 e. The van der Waals surface area contributed by atoms with Crippen LogP contribution >= 0.6 is 0 Å². The highest BCUT2D eigenvalue weighted by atomic mass is 16.2. The molecule has 20 heavy (non-hydrogen) atoms. The Labute approximate surface area is 118 Å². The molecule has 7 nitrogen and oxygen atoms in total. The SMILES string of the molecule is Cc1c(C(=O)NCCCCC(N)=O)cnn1CCCN. The number of primary amides is 1. The van der Waals surface area contributed by atoms with Gasteiger partial charge in [0.15, 0.2) is 0 Å². The third-order valence-electron chi connectivity index (χ3n) is 3.06. The van der Waals surface area contributed by atoms with Gasteiger partial charge in [0.1, 0.15) is 0 Å². The van der Waals surface area contributed by atoms with Gasteiger partial charge in [0, 0.05) is 25.2 Å². The van der Waals surface area contributed by atoms with Gasteiger partial charge in [0.25, 0.3) is 5.91 Å². The minimum absolute atomic E-state index is 0.138. The fraction of sp³-hybridized carbons (Fsp3) is 0.615. The molecule has 2 amide bonds. The summed E-state index contributed by atoms with van der Waals surface area (Å²) in [5.74, 6) is -0.450. The van der Waals surface area contributed by atoms with Crippen LogP contribution in [0, 0.1) is 6.92 Å². The zero-order valence-corrected chi connectivity index (χ0v) is 11.9. The van der Waals surface area contributed by atoms with Crippen molar-refractivity contribution in [1.29, 1.82) is 0 Å². The second-order valence-electron chi connectivity index (χ2n) is 4.69. The van der Waals surface area contributed by atoms with Crippen molar-refractivity contribution in [3.8, 4) is 0 Å². The number of nitrogens with one attached hydrogen (secondary N) is 1. The number of aryl methyl sites for hydroxylation is 1. The normalized spacial score (nSPS) is 10.5. The van der Waals surface area contributed by atoms with E-state index in [0.29, 0.717) is 38.0 Å². The minimum Gasteiger partial charge on any atom is -0.370 e. The number of aromatic nitrogens is 2. The topological polar surface area (TPSA) is 116 Å². The second-order valence-corrected chi connectivity index (χ2v) is 4.69. The number of amides is 2. The Morgan fingerprint density at radius 2 is 2.10 bits per heavy atom. The van der Waals surface area contributed by atoms with Crippen LogP contribution in [0.5, 0.6) is 0 Å². The largest absolute Gasteiger partial charge is 0.370 e. The number of nitrogens with two attached hydrogens (primary N) is 2. The van der Waals surface area contributed by atoms with E-state index in [1.807, 2.05) is 6.92 Å². The van der Waals surface area contributed by atoms with E-state index in [1.54, 1.807) is 10.9 Å². The first-order valence-electron chi connectivity index (χ1n) is 6.85. The van der Waals surface area contributed by atoms with Gasteiger partial charge in [-0.15, -0.1) is 0 Å². The number of carbonyl (C=O) groups excluding carboxylic acids is 2. The Kier molecular flexibility index (Phi) is 6.72. The van der Waals surface area contributed by atoms with Gasteiger partial charge in [0.05, 0.1) is 11.8 Å². The van der Waals surface area contributed by atoms with E-state index in [9.17, 15) is 9.59 Å². The zero-order chi connectivity index (χ0) is 15.0. The van der Waals surface area contributed by atoms with Crippen LogP contribution in [0.3, 0.4) is 0 Å². The van der Waals surface area contributed by atoms with Gasteiger partial charge in [-0.05, 0) is 32.7 Å². The van der Waals surface area contributed by atoms with E-state index in [1.165, 1.54) is 0 Å². The summed E-state index contributed by atoms with van der Waals surface area (Å²) in [5, 5.41) is 6.99. The molecule has 0 aliphatic heterocycles. The molecule has 0 spiro atoms. The molecule has 0 aromatic carbocycles. The maximum atomic E-state index is 12.0. The first-order valence-corrected chi connectivity index (χ1v) is 6.85. The second kappa shape index (κ2) is 8.31. The summed E-state index contributed by atoms with van der Waals surface area (Å²) in [6.45, 7) is 3.71. The van der Waals surface area contributed by atoms with Crippen LogP contribution in [-0.2, 0) is 11.3 Å². The van der Waals surface area contributed by atoms with Crippen molar-refractivity contribution >= 4 is 11.8 Å². The van der Waals surface area contributed by atoms with Gasteiger partial charge in [-0.1, -0.05) is 0 Å². The Hall–Kier alpha value is -1.89. The summed E-state index contributed by atoms with van der Waals surface area (Å²) < 4.78 is 1.79. The first-order chi connectivity index (χ1) is 9.56. The summed E-state index contributed by atoms with van der Waals surface area (Å²) in [6.07, 6.45) is 4.17. The standard InChI is InChI=1S/C13H23N5O2/c1-10-11(9-17-18(10)8-4-6-14)13(20)16-7-3-2-5-12(15)19/h9H,2-8,14H2,1H3,(H2,15,19)(H,16,20). The van der Waals surface area contributed by atoms with E-state index in [0.717, 1.165) is 18.5 Å². The summed E-state index contributed by atoms with van der Waals surface area (Å²) in [5.41, 5.74) is 11.9. The van der Waals surface area contributed by atoms with Crippen LogP contribution in [-0.4, -0.2) is 34.7 Å². The molecule has 0 radical (unpaired) electrons. The molecular formula is C13H23N5O2. The van der Waals surface area contributed by atoms with Gasteiger partial charge in [0.2, 0.25) is 5.91 Å². The Morgan fingerprint density at radius 1 is 1.35 bits per heavy atom. The lowest BCUT2D eigenvalue weighted by Crippen LogP contribution is -2.25. The lowest BCUT2D eigenvalue weighted by molar-refractivity contribution is -0.118. The molecule has 1 aromatic rings. The van der Waals surface area contributed by atoms with Gasteiger partial charge in [-0.3, -0.25) is 14.3 Å². The fourth-order valence-electron chi connectivity index (χ4n) is 1.86. The molecule has 0 aliphatic carbocycles. The van der Waals surface area contributed by atoms with Crippen molar-refractivity contribution in [1.82, 2.24) is 15.1 Å². The molecule has 0 fully saturated rings. The number of unbranched alkanes of at least 4 members (excludes halogenated alkanes) is 1. The Bertz CT molecular complexity index is 456. The molecule has 0 atom stereocenters. The molecule has 112 valence electrons. The number of nitrogens with zero attached hydrogens (tertiary/aromatic N) is 2. The third kappa shape index (κ3) is 5.00. The summed E-state index contributed by atoms with van der Waals surface area (Å²) >= 11 is 0. The number of carbonyl (C=O) groups is 2. The van der Waals surface area contributed by atoms with Crippen molar-refractivity contribution < 1.29 is 9.59 Å². The molecular weight excluding hydrogens is 258 g/mol. The average molecular weight is 281 g/mol. The minimum atomic E-state index is -0.312. The average Bonchev–Trinajstić information content (AvgIpc) is 2.76. The molecule has 0 bridgehead atoms. The molecule has 5 N–H and O–H groups in total. The maximum Gasteiger partial charge on any atom is 0.254 e. The Morgan fingerprint density at radius 3 is 2.75 bits per heavy atom. The van der Waals surface area contributed by atoms with Crippen LogP contribution in [0.15, 0.2) is 6.20 Å². The van der Waals surface area contributed by atoms with Crippen LogP contribution in [0.4, 0.5) is 0 Å². The number of hydrogen-bond donors (Lipinski definition) is 3. The van der Waals surface area contributed by atoms with Crippen LogP contribution in [0.2, 0.25) is 0 Å². The van der Waals surface area contributed by atoms with Crippen molar-refractivity contribution in [3.63, 3.8) is 0 Å². The molecule has 0 unspecified atom stereocenters. The van der Waals surface area contributed by atoms with Crippen LogP contribution in [0.25, 0.3) is 0 Å². The van der Waals surface area contributed by atoms with Gasteiger partial charge in [-0.25, -0.2) is 0 Å². The van der Waals surface area contributed by atoms with Crippen molar-refractivity contribution in [2.75, 3.05) is 13.1 Å². The zero-order valence-electron chi connectivity index (χ0n) is 11.9. The summed E-state index contributed by atoms with van der Waals surface area (Å²) in [6, 6.07) is 0. The summed E-state index contributed by atoms with van der Waals surface area (Å²) in [4.78, 5) is 22.5. The van der Waals surface area contributed by atoms with Crippen LogP contribution < -0.4 is 16.8 Å². The van der Waals surface area contributed by atoms with E-state index >= 15 is 0 Å². The maximum absolute atomic E-state index is 12.0. The van der Waals surface area contributed by atoms with E-state index in [4.69, 9.17) is 11.5 Å². The van der Waals surface area contributed by atoms with Crippen molar-refractivity contribution in [2.24, 2.45) is 11.5 Å². The van der Waals surface area contributed by atoms with Crippen molar-refractivity contribution in [3.05, 3.63) is 17.5 Å². The molecule has 0 saturated heterocycles. The molecule has 0 aliphatic rings. The van der Waals surface area contributed by atoms with Gasteiger partial charge >= 0.3 is 0 Å². The predicted octanol–water partition coefficient (Wildman–Crippen LogP) is -0.0743. The Balaban J connectivity index is 2.39. The lowest BCUT2D eigenvalue weighted by atomic mass is 10.2. The number of hydrogen-bond acceptors (Lipinski definition) is 4. The molecule has 1 aromatic heterocycles. The third-order valence-corrected chi connectivity index (χ3v) is 3.06. The lowest BCUT2D eigenvalue weighted by Gasteiger charge is -2.06. The van der Waals surface area contributed by atoms with Gasteiger partial charge in [-0.2, -0.15) is 5.10 Å². The highest BCUT2D eigenvalue weighted by Crippen LogP contribution is 2.07. The molecule has 7 heteroatoms. The fourth-order valence-corrected chi connectivity index (χ4v) is 1.86. The first kappa shape index (κ1) is 16.2. The van der Waals surface area contributed by atoms with Crippen LogP contribution in [0.1, 0.15) is 41.7 Å². The van der Waals surface area contributed by atoms with Crippen molar-refractivity contribution in [2.45, 2.75) is 39.2 Å². The van der Waals surface area contributed by atoms with E-state index in [-0.39, 0.29) is 11.8 Å². The highest BCUT2D eigenvalue weighted by Gasteiger charge is 2.13. The van der Waals surface area contributed by atoms with E-state index < -0.39 is 0 Å². The number of rotatable bonds is 9. The molecule has 1 heterocycles. The van der Waals surface area contributed by atoms with Gasteiger partial charge < -0.3 is 16.8 Å². The predicted molar refractivity (Wildman–Crippen MR) is 76.0 cm³/mol. The summed E-state index contributed by atoms with van der Waals surface area (Å²) in [7, 11) is 0.